The third kappa shape index (κ3) is 13.3. The Hall–Kier alpha value is -2.64. The molecule has 0 saturated carbocycles. The highest BCUT2D eigenvalue weighted by atomic mass is 35.5. The monoisotopic (exact) mass is 603 g/mol. The molecule has 0 saturated heterocycles. The van der Waals surface area contributed by atoms with Crippen LogP contribution in [-0.2, 0) is 13.0 Å². The van der Waals surface area contributed by atoms with E-state index in [0.717, 1.165) is 44.1 Å². The molecule has 0 bridgehead atoms. The van der Waals surface area contributed by atoms with Crippen LogP contribution in [0.4, 0.5) is 0 Å². The van der Waals surface area contributed by atoms with Crippen LogP contribution in [0, 0.1) is 6.92 Å². The average molecular weight is 604 g/mol. The van der Waals surface area contributed by atoms with Gasteiger partial charge in [0.2, 0.25) is 0 Å². The van der Waals surface area contributed by atoms with Crippen LogP contribution in [0.1, 0.15) is 116 Å². The maximum absolute atomic E-state index is 12.4. The molecule has 0 spiro atoms. The Bertz CT molecular complexity index is 1300. The number of thiazole rings is 1. The molecule has 0 fully saturated rings. The molecule has 4 aromatic rings. The Kier molecular flexibility index (Phi) is 22.5. The number of allylic oxidation sites excluding steroid dienone is 3. The highest BCUT2D eigenvalue weighted by Gasteiger charge is 2.14. The van der Waals surface area contributed by atoms with E-state index in [1.165, 1.54) is 50.5 Å². The molecule has 8 heteroatoms. The van der Waals surface area contributed by atoms with Crippen LogP contribution >= 0.6 is 22.9 Å². The number of aromatic nitrogens is 5. The number of pyridine rings is 1. The predicted molar refractivity (Wildman–Crippen MR) is 184 cm³/mol. The van der Waals surface area contributed by atoms with E-state index in [-0.39, 0.29) is 5.69 Å². The molecule has 41 heavy (non-hydrogen) atoms. The number of hydrogen-bond donors (Lipinski definition) is 2. The van der Waals surface area contributed by atoms with Crippen LogP contribution in [0.15, 0.2) is 47.0 Å². The number of imidazole rings is 1. The average Bonchev–Trinajstić information content (AvgIpc) is 3.71. The van der Waals surface area contributed by atoms with Gasteiger partial charge < -0.3 is 9.97 Å². The first-order valence-corrected chi connectivity index (χ1v) is 16.6. The molecule has 4 heterocycles. The SMILES string of the molecule is C/C=C/Cl.C/C=C\Cc1nc(C)c(Cn2c(=O)[nH]c3c4cc[nH]c4ncc32)s1.CC.CC.CCCCCCCCC. The lowest BCUT2D eigenvalue weighted by molar-refractivity contribution is 0.602. The van der Waals surface area contributed by atoms with Crippen molar-refractivity contribution in [2.75, 3.05) is 0 Å². The van der Waals surface area contributed by atoms with Gasteiger partial charge in [-0.2, -0.15) is 0 Å². The molecule has 2 N–H and O–H groups in total. The summed E-state index contributed by atoms with van der Waals surface area (Å²) in [6.07, 6.45) is 20.2. The van der Waals surface area contributed by atoms with E-state index in [9.17, 15) is 4.79 Å². The molecule has 0 amide bonds. The minimum absolute atomic E-state index is 0.122. The van der Waals surface area contributed by atoms with E-state index >= 15 is 0 Å². The van der Waals surface area contributed by atoms with Gasteiger partial charge in [-0.3, -0.25) is 4.57 Å². The van der Waals surface area contributed by atoms with Gasteiger partial charge in [-0.1, -0.05) is 116 Å². The number of nitrogens with one attached hydrogen (secondary N) is 2. The lowest BCUT2D eigenvalue weighted by Gasteiger charge is -2.02. The molecule has 4 aromatic heterocycles. The molecule has 4 rings (SSSR count). The minimum Gasteiger partial charge on any atom is -0.346 e. The van der Waals surface area contributed by atoms with Gasteiger partial charge in [0, 0.05) is 22.9 Å². The normalized spacial score (nSPS) is 10.5. The molecule has 6 nitrogen and oxygen atoms in total. The second kappa shape index (κ2) is 24.0. The van der Waals surface area contributed by atoms with Crippen LogP contribution in [0.2, 0.25) is 0 Å². The zero-order valence-electron chi connectivity index (χ0n) is 26.9. The number of halogens is 1. The fourth-order valence-corrected chi connectivity index (χ4v) is 4.92. The Morgan fingerprint density at radius 3 is 2.17 bits per heavy atom. The van der Waals surface area contributed by atoms with Crippen LogP contribution in [0.3, 0.4) is 0 Å². The lowest BCUT2D eigenvalue weighted by atomic mass is 10.1. The van der Waals surface area contributed by atoms with Crippen molar-refractivity contribution in [2.24, 2.45) is 0 Å². The van der Waals surface area contributed by atoms with Crippen molar-refractivity contribution >= 4 is 45.0 Å². The topological polar surface area (TPSA) is 79.4 Å². The van der Waals surface area contributed by atoms with Crippen LogP contribution in [0.25, 0.3) is 22.1 Å². The van der Waals surface area contributed by atoms with Crippen molar-refractivity contribution in [3.05, 3.63) is 68.3 Å². The molecular formula is C33H54ClN5OS. The zero-order chi connectivity index (χ0) is 31.0. The van der Waals surface area contributed by atoms with Crippen molar-refractivity contribution in [1.82, 2.24) is 24.5 Å². The molecule has 0 aliphatic rings. The van der Waals surface area contributed by atoms with E-state index in [0.29, 0.717) is 6.54 Å². The molecule has 0 atom stereocenters. The van der Waals surface area contributed by atoms with E-state index in [2.05, 4.69) is 39.9 Å². The first-order valence-electron chi connectivity index (χ1n) is 15.3. The van der Waals surface area contributed by atoms with Gasteiger partial charge in [0.1, 0.15) is 5.65 Å². The zero-order valence-corrected chi connectivity index (χ0v) is 28.5. The van der Waals surface area contributed by atoms with Gasteiger partial charge in [0.25, 0.3) is 0 Å². The summed E-state index contributed by atoms with van der Waals surface area (Å²) < 4.78 is 1.73. The third-order valence-electron chi connectivity index (χ3n) is 5.93. The number of H-pyrrole nitrogens is 2. The number of aromatic amines is 2. The summed E-state index contributed by atoms with van der Waals surface area (Å²) in [4.78, 5) is 28.6. The molecule has 0 radical (unpaired) electrons. The molecule has 0 unspecified atom stereocenters. The smallest absolute Gasteiger partial charge is 0.326 e. The summed E-state index contributed by atoms with van der Waals surface area (Å²) in [5.74, 6) is 0. The first kappa shape index (κ1) is 38.4. The number of rotatable bonds is 10. The van der Waals surface area contributed by atoms with Gasteiger partial charge in [-0.15, -0.1) is 11.3 Å². The van der Waals surface area contributed by atoms with Gasteiger partial charge in [-0.05, 0) is 32.4 Å². The van der Waals surface area contributed by atoms with E-state index < -0.39 is 0 Å². The summed E-state index contributed by atoms with van der Waals surface area (Å²) in [6.45, 7) is 18.9. The number of hydrogen-bond acceptors (Lipinski definition) is 4. The maximum atomic E-state index is 12.4. The van der Waals surface area contributed by atoms with Crippen molar-refractivity contribution in [3.8, 4) is 0 Å². The Morgan fingerprint density at radius 2 is 1.61 bits per heavy atom. The predicted octanol–water partition coefficient (Wildman–Crippen LogP) is 10.7. The Labute approximate surface area is 257 Å². The second-order valence-corrected chi connectivity index (χ2v) is 10.3. The fraction of sp³-hybridized carbons (Fsp3) is 0.545. The van der Waals surface area contributed by atoms with Crippen LogP contribution < -0.4 is 5.69 Å². The minimum atomic E-state index is -0.122. The Morgan fingerprint density at radius 1 is 1.00 bits per heavy atom. The van der Waals surface area contributed by atoms with Gasteiger partial charge in [-0.25, -0.2) is 14.8 Å². The van der Waals surface area contributed by atoms with Gasteiger partial charge in [0.05, 0.1) is 34.5 Å². The third-order valence-corrected chi connectivity index (χ3v) is 7.35. The maximum Gasteiger partial charge on any atom is 0.326 e. The number of nitrogens with zero attached hydrogens (tertiary/aromatic N) is 3. The van der Waals surface area contributed by atoms with Crippen LogP contribution in [-0.4, -0.2) is 24.5 Å². The largest absolute Gasteiger partial charge is 0.346 e. The van der Waals surface area contributed by atoms with E-state index in [1.54, 1.807) is 28.2 Å². The molecule has 230 valence electrons. The second-order valence-electron chi connectivity index (χ2n) is 8.89. The summed E-state index contributed by atoms with van der Waals surface area (Å²) in [6, 6.07) is 1.93. The molecule has 0 aromatic carbocycles. The van der Waals surface area contributed by atoms with Crippen molar-refractivity contribution in [1.29, 1.82) is 0 Å². The fourth-order valence-electron chi connectivity index (χ4n) is 3.89. The quantitative estimate of drug-likeness (QED) is 0.140. The van der Waals surface area contributed by atoms with Crippen molar-refractivity contribution in [2.45, 2.75) is 120 Å². The van der Waals surface area contributed by atoms with Crippen molar-refractivity contribution < 1.29 is 0 Å². The van der Waals surface area contributed by atoms with Gasteiger partial charge >= 0.3 is 5.69 Å². The highest BCUT2D eigenvalue weighted by Crippen LogP contribution is 2.23. The van der Waals surface area contributed by atoms with E-state index in [4.69, 9.17) is 11.6 Å². The van der Waals surface area contributed by atoms with E-state index in [1.807, 2.05) is 66.8 Å². The highest BCUT2D eigenvalue weighted by molar-refractivity contribution is 7.11. The number of fused-ring (bicyclic) bond motifs is 3. The lowest BCUT2D eigenvalue weighted by Crippen LogP contribution is -2.17. The van der Waals surface area contributed by atoms with Crippen LogP contribution in [0.5, 0.6) is 0 Å². The molecule has 0 aliphatic carbocycles. The number of unbranched alkanes of at least 4 members (excludes halogenated alkanes) is 6. The first-order chi connectivity index (χ1) is 20.0. The molecular weight excluding hydrogens is 550 g/mol. The van der Waals surface area contributed by atoms with Crippen molar-refractivity contribution in [3.63, 3.8) is 0 Å². The van der Waals surface area contributed by atoms with Gasteiger partial charge in [0.15, 0.2) is 0 Å². The summed E-state index contributed by atoms with van der Waals surface area (Å²) in [5, 5.41) is 2.00. The summed E-state index contributed by atoms with van der Waals surface area (Å²) >= 11 is 6.66. The number of aryl methyl sites for hydroxylation is 1. The Balaban J connectivity index is 0.000000788. The summed E-state index contributed by atoms with van der Waals surface area (Å²) in [5.41, 5.74) is 4.75. The molecule has 0 aliphatic heterocycles. The summed E-state index contributed by atoms with van der Waals surface area (Å²) in [7, 11) is 0. The standard InChI is InChI=1S/C17H17N5OS.C9H20.C3H5Cl.2C2H6/c1-3-4-5-14-20-10(2)13(24-14)9-22-12-8-19-16-11(6-7-18-16)15(12)21-17(22)23;1-3-5-7-9-8-6-4-2;1-2-3-4;2*1-2/h3-4,6-8H,5,9H2,1-2H3,(H,18,19)(H,21,23);3-9H2,1-2H3;2-3H,1H3;2*1-2H3/b4-3-;;3-2+;;.